The van der Waals surface area contributed by atoms with Crippen LogP contribution in [0.4, 0.5) is 0 Å². The fourth-order valence-electron chi connectivity index (χ4n) is 2.79. The number of ether oxygens (including phenoxy) is 1. The summed E-state index contributed by atoms with van der Waals surface area (Å²) in [6.45, 7) is 3.88. The van der Waals surface area contributed by atoms with Crippen LogP contribution in [0.1, 0.15) is 18.4 Å². The van der Waals surface area contributed by atoms with Gasteiger partial charge in [0.1, 0.15) is 12.4 Å². The Morgan fingerprint density at radius 2 is 2.14 bits per heavy atom. The third kappa shape index (κ3) is 3.98. The van der Waals surface area contributed by atoms with Crippen LogP contribution in [-0.2, 0) is 6.54 Å². The van der Waals surface area contributed by atoms with Gasteiger partial charge in [0.25, 0.3) is 0 Å². The van der Waals surface area contributed by atoms with Crippen molar-refractivity contribution in [1.82, 2.24) is 20.1 Å². The van der Waals surface area contributed by atoms with Gasteiger partial charge >= 0.3 is 0 Å². The van der Waals surface area contributed by atoms with E-state index in [-0.39, 0.29) is 0 Å². The maximum absolute atomic E-state index is 5.58. The van der Waals surface area contributed by atoms with E-state index in [4.69, 9.17) is 9.57 Å². The van der Waals surface area contributed by atoms with Crippen molar-refractivity contribution in [1.29, 1.82) is 0 Å². The Morgan fingerprint density at radius 3 is 2.86 bits per heavy atom. The average Bonchev–Trinajstić information content (AvgIpc) is 3.08. The van der Waals surface area contributed by atoms with Crippen LogP contribution < -0.4 is 9.57 Å². The van der Waals surface area contributed by atoms with E-state index in [1.807, 2.05) is 12.1 Å². The zero-order valence-electron chi connectivity index (χ0n) is 12.9. The van der Waals surface area contributed by atoms with Crippen molar-refractivity contribution in [2.45, 2.75) is 19.4 Å². The second-order valence-electron chi connectivity index (χ2n) is 5.67. The molecule has 0 spiro atoms. The van der Waals surface area contributed by atoms with E-state index in [0.717, 1.165) is 38.2 Å². The SMILES string of the molecule is COc1cccc(CN2CCC(COn3ccnn3)CC2)c1. The van der Waals surface area contributed by atoms with E-state index in [1.165, 1.54) is 10.4 Å². The lowest BCUT2D eigenvalue weighted by Crippen LogP contribution is -2.36. The van der Waals surface area contributed by atoms with Gasteiger partial charge in [-0.15, -0.1) is 5.10 Å². The molecule has 0 N–H and O–H groups in total. The van der Waals surface area contributed by atoms with Gasteiger partial charge in [0.15, 0.2) is 0 Å². The van der Waals surface area contributed by atoms with Crippen molar-refractivity contribution in [2.24, 2.45) is 5.92 Å². The Hall–Kier alpha value is -2.08. The number of benzene rings is 1. The minimum Gasteiger partial charge on any atom is -0.497 e. The standard InChI is InChI=1S/C16H22N4O2/c1-21-16-4-2-3-15(11-16)12-19-8-5-14(6-9-19)13-22-20-10-7-17-18-20/h2-4,7,10-11,14H,5-6,8-9,12-13H2,1H3. The van der Waals surface area contributed by atoms with Crippen molar-refractivity contribution in [3.63, 3.8) is 0 Å². The van der Waals surface area contributed by atoms with E-state index >= 15 is 0 Å². The normalized spacial score (nSPS) is 16.6. The van der Waals surface area contributed by atoms with Crippen molar-refractivity contribution in [3.05, 3.63) is 42.2 Å². The molecule has 0 amide bonds. The van der Waals surface area contributed by atoms with Crippen LogP contribution in [0.5, 0.6) is 5.75 Å². The summed E-state index contributed by atoms with van der Waals surface area (Å²) in [5.74, 6) is 1.51. The fourth-order valence-corrected chi connectivity index (χ4v) is 2.79. The molecule has 1 fully saturated rings. The highest BCUT2D eigenvalue weighted by atomic mass is 16.7. The predicted octanol–water partition coefficient (Wildman–Crippen LogP) is 1.63. The Balaban J connectivity index is 1.43. The van der Waals surface area contributed by atoms with Crippen molar-refractivity contribution in [2.75, 3.05) is 26.8 Å². The quantitative estimate of drug-likeness (QED) is 0.812. The monoisotopic (exact) mass is 302 g/mol. The predicted molar refractivity (Wildman–Crippen MR) is 82.5 cm³/mol. The lowest BCUT2D eigenvalue weighted by molar-refractivity contribution is 0.0319. The smallest absolute Gasteiger partial charge is 0.120 e. The second kappa shape index (κ2) is 7.26. The Morgan fingerprint density at radius 1 is 1.27 bits per heavy atom. The highest BCUT2D eigenvalue weighted by molar-refractivity contribution is 5.28. The lowest BCUT2D eigenvalue weighted by Gasteiger charge is -2.31. The number of piperidine rings is 1. The molecule has 1 aromatic heterocycles. The molecule has 22 heavy (non-hydrogen) atoms. The largest absolute Gasteiger partial charge is 0.497 e. The molecule has 2 heterocycles. The summed E-state index contributed by atoms with van der Waals surface area (Å²) in [5.41, 5.74) is 1.30. The first-order valence-electron chi connectivity index (χ1n) is 7.68. The van der Waals surface area contributed by atoms with Gasteiger partial charge in [0.05, 0.1) is 19.5 Å². The minimum atomic E-state index is 0.589. The minimum absolute atomic E-state index is 0.589. The molecule has 0 aliphatic carbocycles. The van der Waals surface area contributed by atoms with Gasteiger partial charge in [-0.1, -0.05) is 17.0 Å². The Kier molecular flexibility index (Phi) is 4.90. The van der Waals surface area contributed by atoms with Crippen LogP contribution in [0.15, 0.2) is 36.7 Å². The van der Waals surface area contributed by atoms with Gasteiger partial charge in [-0.2, -0.15) is 0 Å². The molecule has 0 radical (unpaired) electrons. The van der Waals surface area contributed by atoms with Crippen LogP contribution in [0.3, 0.4) is 0 Å². The summed E-state index contributed by atoms with van der Waals surface area (Å²) in [6, 6.07) is 8.30. The highest BCUT2D eigenvalue weighted by Gasteiger charge is 2.20. The van der Waals surface area contributed by atoms with Gasteiger partial charge in [-0.05, 0) is 54.8 Å². The summed E-state index contributed by atoms with van der Waals surface area (Å²) >= 11 is 0. The number of hydrogen-bond acceptors (Lipinski definition) is 5. The summed E-state index contributed by atoms with van der Waals surface area (Å²) < 4.78 is 5.28. The number of hydrogen-bond donors (Lipinski definition) is 0. The van der Waals surface area contributed by atoms with Crippen molar-refractivity contribution in [3.8, 4) is 5.75 Å². The lowest BCUT2D eigenvalue weighted by atomic mass is 9.97. The number of likely N-dealkylation sites (tertiary alicyclic amines) is 1. The molecule has 1 aromatic carbocycles. The molecule has 1 saturated heterocycles. The van der Waals surface area contributed by atoms with E-state index in [0.29, 0.717) is 12.5 Å². The molecule has 0 unspecified atom stereocenters. The van der Waals surface area contributed by atoms with Crippen LogP contribution >= 0.6 is 0 Å². The summed E-state index contributed by atoms with van der Waals surface area (Å²) in [5, 5.41) is 7.54. The zero-order chi connectivity index (χ0) is 15.2. The van der Waals surface area contributed by atoms with Gasteiger partial charge in [0.2, 0.25) is 0 Å². The Labute approximate surface area is 130 Å². The maximum Gasteiger partial charge on any atom is 0.120 e. The van der Waals surface area contributed by atoms with Gasteiger partial charge in [-0.25, -0.2) is 0 Å². The number of aromatic nitrogens is 3. The molecule has 6 nitrogen and oxygen atoms in total. The molecular formula is C16H22N4O2. The van der Waals surface area contributed by atoms with Gasteiger partial charge in [0, 0.05) is 6.54 Å². The fraction of sp³-hybridized carbons (Fsp3) is 0.500. The topological polar surface area (TPSA) is 52.4 Å². The number of rotatable bonds is 6. The molecule has 0 atom stereocenters. The molecule has 0 bridgehead atoms. The molecule has 3 rings (SSSR count). The molecule has 6 heteroatoms. The third-order valence-electron chi connectivity index (χ3n) is 4.09. The Bertz CT molecular complexity index is 565. The summed E-state index contributed by atoms with van der Waals surface area (Å²) in [7, 11) is 1.71. The van der Waals surface area contributed by atoms with Crippen LogP contribution in [0, 0.1) is 5.92 Å². The van der Waals surface area contributed by atoms with E-state index in [9.17, 15) is 0 Å². The highest BCUT2D eigenvalue weighted by Crippen LogP contribution is 2.20. The van der Waals surface area contributed by atoms with E-state index < -0.39 is 0 Å². The van der Waals surface area contributed by atoms with Gasteiger partial charge in [-0.3, -0.25) is 4.90 Å². The first-order valence-corrected chi connectivity index (χ1v) is 7.68. The second-order valence-corrected chi connectivity index (χ2v) is 5.67. The maximum atomic E-state index is 5.58. The zero-order valence-corrected chi connectivity index (χ0v) is 12.9. The van der Waals surface area contributed by atoms with Crippen LogP contribution in [-0.4, -0.2) is 46.9 Å². The summed E-state index contributed by atoms with van der Waals surface area (Å²) in [6.07, 6.45) is 5.64. The molecule has 2 aromatic rings. The van der Waals surface area contributed by atoms with Crippen molar-refractivity contribution >= 4 is 0 Å². The number of methoxy groups -OCH3 is 1. The van der Waals surface area contributed by atoms with E-state index in [1.54, 1.807) is 19.5 Å². The molecule has 1 aliphatic heterocycles. The summed E-state index contributed by atoms with van der Waals surface area (Å²) in [4.78, 5) is 9.50. The molecule has 0 saturated carbocycles. The van der Waals surface area contributed by atoms with Crippen LogP contribution in [0.2, 0.25) is 0 Å². The number of nitrogens with zero attached hydrogens (tertiary/aromatic N) is 4. The molecular weight excluding hydrogens is 280 g/mol. The van der Waals surface area contributed by atoms with Crippen molar-refractivity contribution < 1.29 is 9.57 Å². The first-order chi connectivity index (χ1) is 10.8. The third-order valence-corrected chi connectivity index (χ3v) is 4.09. The molecule has 118 valence electrons. The first kappa shape index (κ1) is 14.8. The van der Waals surface area contributed by atoms with Gasteiger partial charge < -0.3 is 9.57 Å². The van der Waals surface area contributed by atoms with E-state index in [2.05, 4.69) is 27.3 Å². The average molecular weight is 302 g/mol. The molecule has 1 aliphatic rings. The van der Waals surface area contributed by atoms with Crippen LogP contribution in [0.25, 0.3) is 0 Å².